The number of carbonyl (C=O) groups is 2. The van der Waals surface area contributed by atoms with Gasteiger partial charge in [0.1, 0.15) is 18.9 Å². The largest absolute Gasteiger partial charge is 0.463 e. The first kappa shape index (κ1) is 23.5. The molecule has 0 bridgehead atoms. The molecule has 1 aliphatic rings. The van der Waals surface area contributed by atoms with E-state index in [9.17, 15) is 9.59 Å². The van der Waals surface area contributed by atoms with Gasteiger partial charge in [-0.25, -0.2) is 9.48 Å². The molecule has 2 heterocycles. The van der Waals surface area contributed by atoms with Gasteiger partial charge in [0.15, 0.2) is 0 Å². The average molecular weight is 480 g/mol. The molecule has 0 aliphatic carbocycles. The quantitative estimate of drug-likeness (QED) is 0.526. The van der Waals surface area contributed by atoms with Gasteiger partial charge in [0.2, 0.25) is 11.9 Å². The molecule has 1 amide bonds. The number of anilines is 2. The maximum atomic E-state index is 13.1. The van der Waals surface area contributed by atoms with E-state index in [4.69, 9.17) is 16.3 Å². The molecule has 176 valence electrons. The Morgan fingerprint density at radius 3 is 2.53 bits per heavy atom. The molecular weight excluding hydrogens is 454 g/mol. The summed E-state index contributed by atoms with van der Waals surface area (Å²) in [6.07, 6.45) is 1.42. The molecule has 0 radical (unpaired) electrons. The number of hydrogen-bond acceptors (Lipinski definition) is 6. The summed E-state index contributed by atoms with van der Waals surface area (Å²) in [4.78, 5) is 32.1. The normalized spacial score (nSPS) is 15.2. The number of carbonyl (C=O) groups excluding carboxylic acids is 2. The molecule has 8 nitrogen and oxygen atoms in total. The van der Waals surface area contributed by atoms with Gasteiger partial charge < -0.3 is 15.0 Å². The second-order valence-corrected chi connectivity index (χ2v) is 8.54. The van der Waals surface area contributed by atoms with E-state index in [1.54, 1.807) is 35.6 Å². The third kappa shape index (κ3) is 4.54. The highest BCUT2D eigenvalue weighted by molar-refractivity contribution is 6.31. The van der Waals surface area contributed by atoms with E-state index in [1.165, 1.54) is 6.33 Å². The fraction of sp³-hybridized carbons (Fsp3) is 0.280. The summed E-state index contributed by atoms with van der Waals surface area (Å²) >= 11 is 6.19. The van der Waals surface area contributed by atoms with Gasteiger partial charge >= 0.3 is 5.97 Å². The summed E-state index contributed by atoms with van der Waals surface area (Å²) < 4.78 is 7.04. The summed E-state index contributed by atoms with van der Waals surface area (Å²) in [5.41, 5.74) is 4.48. The van der Waals surface area contributed by atoms with Gasteiger partial charge in [-0.05, 0) is 51.0 Å². The minimum Gasteiger partial charge on any atom is -0.463 e. The summed E-state index contributed by atoms with van der Waals surface area (Å²) in [6.45, 7) is 7.61. The summed E-state index contributed by atoms with van der Waals surface area (Å²) in [5, 5.41) is 7.82. The van der Waals surface area contributed by atoms with Crippen LogP contribution in [0.4, 0.5) is 11.6 Å². The molecule has 1 aliphatic heterocycles. The molecule has 0 fully saturated rings. The maximum Gasteiger partial charge on any atom is 0.338 e. The number of halogens is 1. The molecule has 1 unspecified atom stereocenters. The molecule has 0 saturated heterocycles. The molecule has 4 rings (SSSR count). The fourth-order valence-corrected chi connectivity index (χ4v) is 4.14. The highest BCUT2D eigenvalue weighted by atomic mass is 35.5. The zero-order chi connectivity index (χ0) is 24.4. The number of nitrogens with one attached hydrogen (secondary N) is 1. The zero-order valence-corrected chi connectivity index (χ0v) is 20.3. The molecule has 0 saturated carbocycles. The van der Waals surface area contributed by atoms with Crippen molar-refractivity contribution in [2.75, 3.05) is 23.4 Å². The van der Waals surface area contributed by atoms with E-state index in [1.807, 2.05) is 44.2 Å². The van der Waals surface area contributed by atoms with Crippen LogP contribution >= 0.6 is 11.6 Å². The van der Waals surface area contributed by atoms with Gasteiger partial charge in [-0.1, -0.05) is 47.5 Å². The lowest BCUT2D eigenvalue weighted by Gasteiger charge is -2.35. The highest BCUT2D eigenvalue weighted by Crippen LogP contribution is 2.38. The summed E-state index contributed by atoms with van der Waals surface area (Å²) in [5.74, 6) is -0.276. The SMILES string of the molecule is CCOC(=O)C1=C(C)N(CC(=O)Nc2ccc(C)c(Cl)c2)c2ncnn2C1c1ccc(C)cc1. The van der Waals surface area contributed by atoms with Crippen molar-refractivity contribution >= 4 is 35.1 Å². The van der Waals surface area contributed by atoms with Crippen molar-refractivity contribution in [1.82, 2.24) is 14.8 Å². The molecule has 1 aromatic heterocycles. The van der Waals surface area contributed by atoms with Crippen molar-refractivity contribution in [2.45, 2.75) is 33.7 Å². The van der Waals surface area contributed by atoms with E-state index in [0.717, 1.165) is 16.7 Å². The second-order valence-electron chi connectivity index (χ2n) is 8.14. The number of esters is 1. The van der Waals surface area contributed by atoms with Gasteiger partial charge in [0, 0.05) is 16.4 Å². The van der Waals surface area contributed by atoms with E-state index in [0.29, 0.717) is 27.9 Å². The minimum atomic E-state index is -0.521. The van der Waals surface area contributed by atoms with Crippen LogP contribution in [0.2, 0.25) is 5.02 Å². The van der Waals surface area contributed by atoms with E-state index >= 15 is 0 Å². The van der Waals surface area contributed by atoms with Gasteiger partial charge in [0.05, 0.1) is 12.2 Å². The monoisotopic (exact) mass is 479 g/mol. The number of ether oxygens (including phenoxy) is 1. The molecule has 34 heavy (non-hydrogen) atoms. The first-order chi connectivity index (χ1) is 16.3. The number of fused-ring (bicyclic) bond motifs is 1. The third-order valence-electron chi connectivity index (χ3n) is 5.75. The van der Waals surface area contributed by atoms with E-state index in [-0.39, 0.29) is 19.1 Å². The molecule has 3 aromatic rings. The Balaban J connectivity index is 1.71. The van der Waals surface area contributed by atoms with E-state index < -0.39 is 12.0 Å². The zero-order valence-electron chi connectivity index (χ0n) is 19.5. The van der Waals surface area contributed by atoms with Crippen molar-refractivity contribution in [3.8, 4) is 0 Å². The van der Waals surface area contributed by atoms with Gasteiger partial charge in [-0.2, -0.15) is 10.1 Å². The molecule has 1 atom stereocenters. The van der Waals surface area contributed by atoms with Gasteiger partial charge in [-0.15, -0.1) is 0 Å². The van der Waals surface area contributed by atoms with Crippen molar-refractivity contribution in [2.24, 2.45) is 0 Å². The van der Waals surface area contributed by atoms with Crippen molar-refractivity contribution in [3.63, 3.8) is 0 Å². The smallest absolute Gasteiger partial charge is 0.338 e. The number of rotatable bonds is 6. The van der Waals surface area contributed by atoms with Crippen LogP contribution in [0.5, 0.6) is 0 Å². The van der Waals surface area contributed by atoms with Crippen LogP contribution in [0.15, 0.2) is 60.1 Å². The Morgan fingerprint density at radius 2 is 1.85 bits per heavy atom. The summed E-state index contributed by atoms with van der Waals surface area (Å²) in [6, 6.07) is 12.7. The second kappa shape index (κ2) is 9.69. The molecule has 2 aromatic carbocycles. The topological polar surface area (TPSA) is 89.3 Å². The lowest BCUT2D eigenvalue weighted by molar-refractivity contribution is -0.139. The van der Waals surface area contributed by atoms with Gasteiger partial charge in [0.25, 0.3) is 0 Å². The standard InChI is InChI=1S/C25H26ClN5O3/c1-5-34-24(33)22-17(4)30(13-21(32)29-19-11-8-16(3)20(26)12-19)25-27-14-28-31(25)23(22)18-9-6-15(2)7-10-18/h6-12,14,23H,5,13H2,1-4H3,(H,29,32). The predicted octanol–water partition coefficient (Wildman–Crippen LogP) is 4.43. The van der Waals surface area contributed by atoms with Crippen LogP contribution in [0.25, 0.3) is 0 Å². The Hall–Kier alpha value is -3.65. The van der Waals surface area contributed by atoms with Crippen LogP contribution in [0.3, 0.4) is 0 Å². The number of amides is 1. The van der Waals surface area contributed by atoms with Crippen LogP contribution in [-0.4, -0.2) is 39.8 Å². The van der Waals surface area contributed by atoms with Crippen LogP contribution in [0, 0.1) is 13.8 Å². The number of allylic oxidation sites excluding steroid dienone is 1. The average Bonchev–Trinajstić information content (AvgIpc) is 3.28. The molecule has 0 spiro atoms. The lowest BCUT2D eigenvalue weighted by atomic mass is 9.94. The van der Waals surface area contributed by atoms with Crippen LogP contribution in [0.1, 0.15) is 36.6 Å². The molecule has 1 N–H and O–H groups in total. The molecule has 9 heteroatoms. The number of aromatic nitrogens is 3. The maximum absolute atomic E-state index is 13.1. The Bertz CT molecular complexity index is 1270. The highest BCUT2D eigenvalue weighted by Gasteiger charge is 2.38. The minimum absolute atomic E-state index is 0.0699. The Morgan fingerprint density at radius 1 is 1.12 bits per heavy atom. The van der Waals surface area contributed by atoms with E-state index in [2.05, 4.69) is 15.4 Å². The Labute approximate surface area is 203 Å². The predicted molar refractivity (Wildman–Crippen MR) is 131 cm³/mol. The van der Waals surface area contributed by atoms with Crippen LogP contribution < -0.4 is 10.2 Å². The first-order valence-corrected chi connectivity index (χ1v) is 11.4. The van der Waals surface area contributed by atoms with Gasteiger partial charge in [-0.3, -0.25) is 4.79 Å². The first-order valence-electron chi connectivity index (χ1n) is 11.0. The summed E-state index contributed by atoms with van der Waals surface area (Å²) in [7, 11) is 0. The van der Waals surface area contributed by atoms with Crippen molar-refractivity contribution in [3.05, 3.63) is 81.8 Å². The third-order valence-corrected chi connectivity index (χ3v) is 6.16. The number of aryl methyl sites for hydroxylation is 2. The number of benzene rings is 2. The van der Waals surface area contributed by atoms with Crippen molar-refractivity contribution < 1.29 is 14.3 Å². The fourth-order valence-electron chi connectivity index (χ4n) is 3.96. The Kier molecular flexibility index (Phi) is 6.70. The lowest BCUT2D eigenvalue weighted by Crippen LogP contribution is -2.40. The van der Waals surface area contributed by atoms with Crippen molar-refractivity contribution in [1.29, 1.82) is 0 Å². The van der Waals surface area contributed by atoms with Crippen LogP contribution in [-0.2, 0) is 14.3 Å². The molecular formula is C25H26ClN5O3. The number of nitrogens with zero attached hydrogens (tertiary/aromatic N) is 4. The number of hydrogen-bond donors (Lipinski definition) is 1.